The molecule has 4 aromatic rings. The Morgan fingerprint density at radius 1 is 0.941 bits per heavy atom. The lowest BCUT2D eigenvalue weighted by atomic mass is 9.79. The molecule has 0 spiro atoms. The predicted octanol–water partition coefficient (Wildman–Crippen LogP) is 4.51. The van der Waals surface area contributed by atoms with E-state index < -0.39 is 11.0 Å². The van der Waals surface area contributed by atoms with E-state index in [0.29, 0.717) is 43.7 Å². The van der Waals surface area contributed by atoms with Crippen molar-refractivity contribution < 1.29 is 14.3 Å². The summed E-state index contributed by atoms with van der Waals surface area (Å²) >= 11 is 7.38. The van der Waals surface area contributed by atoms with Crippen molar-refractivity contribution in [3.63, 3.8) is 0 Å². The second-order valence-electron chi connectivity index (χ2n) is 13.6. The first kappa shape index (κ1) is 34.8. The van der Waals surface area contributed by atoms with E-state index in [-0.39, 0.29) is 29.5 Å². The monoisotopic (exact) mass is 706 g/mol. The van der Waals surface area contributed by atoms with E-state index in [0.717, 1.165) is 58.3 Å². The maximum atomic E-state index is 13.3. The van der Waals surface area contributed by atoms with Crippen LogP contribution < -0.4 is 26.8 Å². The van der Waals surface area contributed by atoms with Gasteiger partial charge < -0.3 is 26.0 Å². The van der Waals surface area contributed by atoms with E-state index in [4.69, 9.17) is 16.3 Å². The minimum absolute atomic E-state index is 0.0728. The Bertz CT molecular complexity index is 2080. The molecule has 2 saturated heterocycles. The maximum absolute atomic E-state index is 13.3. The first-order chi connectivity index (χ1) is 24.8. The van der Waals surface area contributed by atoms with E-state index in [2.05, 4.69) is 75.6 Å². The van der Waals surface area contributed by atoms with Gasteiger partial charge in [0.15, 0.2) is 0 Å². The van der Waals surface area contributed by atoms with Gasteiger partial charge in [0.05, 0.1) is 5.38 Å². The molecule has 2 aliphatic heterocycles. The Labute approximate surface area is 302 Å². The van der Waals surface area contributed by atoms with Gasteiger partial charge in [-0.25, -0.2) is 4.98 Å². The van der Waals surface area contributed by atoms with Gasteiger partial charge in [-0.1, -0.05) is 54.6 Å². The number of halogens is 1. The number of hydrogen-bond acceptors (Lipinski definition) is 7. The molecule has 2 unspecified atom stereocenters. The molecule has 2 aromatic carbocycles. The second-order valence-corrected chi connectivity index (χ2v) is 14.1. The summed E-state index contributed by atoms with van der Waals surface area (Å²) in [6.07, 6.45) is 12.3. The van der Waals surface area contributed by atoms with Gasteiger partial charge >= 0.3 is 0 Å². The van der Waals surface area contributed by atoms with Crippen LogP contribution in [0.25, 0.3) is 22.3 Å². The molecule has 11 heteroatoms. The number of alkyl halides is 1. The number of hydrogen-bond donors (Lipinski definition) is 4. The number of fused-ring (bicyclic) bond motifs is 1. The van der Waals surface area contributed by atoms with Crippen LogP contribution in [0.1, 0.15) is 53.5 Å². The standard InChI is InChI=1S/C40H43ClN6O4/c1-25-32(27-16-18-47-35(19-27)44-22-28(39(47)50)21-43-24-31-13-15-37(49)46-31)5-3-6-33(25)34-7-4-17-40(51-2,38(34)41)29-10-8-26(9-11-29)20-42-23-30-12-14-36(48)45-30/h3-11,16-19,22,30-31,38,42-43H,12-15,20-21,23-24H2,1-2H3,(H,45,48)(H,46,49)/t30-,31-,38?,40?/m0/s1. The molecule has 0 radical (unpaired) electrons. The summed E-state index contributed by atoms with van der Waals surface area (Å²) in [6.45, 7) is 4.51. The zero-order valence-electron chi connectivity index (χ0n) is 28.9. The molecule has 10 nitrogen and oxygen atoms in total. The molecule has 3 aliphatic rings. The predicted molar refractivity (Wildman–Crippen MR) is 199 cm³/mol. The third-order valence-electron chi connectivity index (χ3n) is 10.3. The molecule has 4 atom stereocenters. The number of aromatic nitrogens is 2. The second kappa shape index (κ2) is 14.9. The molecule has 0 saturated carbocycles. The largest absolute Gasteiger partial charge is 0.367 e. The van der Waals surface area contributed by atoms with Crippen LogP contribution in [0.5, 0.6) is 0 Å². The lowest BCUT2D eigenvalue weighted by Crippen LogP contribution is -2.38. The van der Waals surface area contributed by atoms with Gasteiger partial charge in [0.25, 0.3) is 5.56 Å². The fraction of sp³-hybridized carbons (Fsp3) is 0.350. The first-order valence-corrected chi connectivity index (χ1v) is 18.0. The Kier molecular flexibility index (Phi) is 10.2. The van der Waals surface area contributed by atoms with Gasteiger partial charge in [0.2, 0.25) is 11.8 Å². The van der Waals surface area contributed by atoms with E-state index >= 15 is 0 Å². The number of benzene rings is 2. The van der Waals surface area contributed by atoms with Crippen molar-refractivity contribution in [2.45, 2.75) is 68.8 Å². The highest BCUT2D eigenvalue weighted by Gasteiger charge is 2.42. The fourth-order valence-corrected chi connectivity index (χ4v) is 7.91. The number of carbonyl (C=O) groups is 2. The Morgan fingerprint density at radius 3 is 2.29 bits per heavy atom. The van der Waals surface area contributed by atoms with Crippen LogP contribution in [0.4, 0.5) is 0 Å². The quantitative estimate of drug-likeness (QED) is 0.160. The van der Waals surface area contributed by atoms with Crippen molar-refractivity contribution >= 4 is 34.6 Å². The number of allylic oxidation sites excluding steroid dienone is 2. The summed E-state index contributed by atoms with van der Waals surface area (Å²) in [5.74, 6) is 0.197. The van der Waals surface area contributed by atoms with Gasteiger partial charge in [-0.15, -0.1) is 11.6 Å². The number of amides is 2. The summed E-state index contributed by atoms with van der Waals surface area (Å²) in [6, 6.07) is 18.7. The summed E-state index contributed by atoms with van der Waals surface area (Å²) < 4.78 is 7.80. The minimum atomic E-state index is -0.875. The van der Waals surface area contributed by atoms with Crippen LogP contribution in [0.3, 0.4) is 0 Å². The normalized spacial score (nSPS) is 23.0. The van der Waals surface area contributed by atoms with Gasteiger partial charge in [0.1, 0.15) is 11.2 Å². The number of nitrogens with one attached hydrogen (secondary N) is 4. The molecule has 4 N–H and O–H groups in total. The topological polar surface area (TPSA) is 126 Å². The van der Waals surface area contributed by atoms with Crippen molar-refractivity contribution in [1.29, 1.82) is 0 Å². The Hall–Kier alpha value is -4.61. The van der Waals surface area contributed by atoms with Crippen molar-refractivity contribution in [3.8, 4) is 11.1 Å². The molecule has 1 aliphatic carbocycles. The number of rotatable bonds is 12. The zero-order valence-corrected chi connectivity index (χ0v) is 29.6. The van der Waals surface area contributed by atoms with Gasteiger partial charge in [-0.3, -0.25) is 18.8 Å². The summed E-state index contributed by atoms with van der Waals surface area (Å²) in [5, 5.41) is 12.2. The van der Waals surface area contributed by atoms with E-state index in [1.165, 1.54) is 0 Å². The minimum Gasteiger partial charge on any atom is -0.367 e. The zero-order chi connectivity index (χ0) is 35.5. The SMILES string of the molecule is COC1(c2ccc(CNC[C@@H]3CCC(=O)N3)cc2)C=CC=C(c2cccc(-c3ccn4c(=O)c(CNC[C@@H]5CCC(=O)N5)cnc4c3)c2C)C1Cl. The van der Waals surface area contributed by atoms with Crippen LogP contribution in [-0.4, -0.2) is 58.9 Å². The lowest BCUT2D eigenvalue weighted by Gasteiger charge is -2.38. The molecule has 2 aromatic heterocycles. The Balaban J connectivity index is 1.07. The van der Waals surface area contributed by atoms with Gasteiger partial charge in [-0.05, 0) is 76.9 Å². The highest BCUT2D eigenvalue weighted by molar-refractivity contribution is 6.28. The van der Waals surface area contributed by atoms with E-state index in [1.807, 2.05) is 30.4 Å². The molecule has 2 amide bonds. The molecule has 264 valence electrons. The molecular weight excluding hydrogens is 664 g/mol. The molecule has 4 heterocycles. The average molecular weight is 707 g/mol. The number of carbonyl (C=O) groups excluding carboxylic acids is 2. The molecule has 0 bridgehead atoms. The van der Waals surface area contributed by atoms with Crippen LogP contribution in [0, 0.1) is 6.92 Å². The van der Waals surface area contributed by atoms with E-state index in [9.17, 15) is 14.4 Å². The average Bonchev–Trinajstić information content (AvgIpc) is 3.76. The number of methoxy groups -OCH3 is 1. The van der Waals surface area contributed by atoms with Crippen molar-refractivity contribution in [3.05, 3.63) is 123 Å². The third-order valence-corrected chi connectivity index (χ3v) is 10.9. The highest BCUT2D eigenvalue weighted by Crippen LogP contribution is 2.45. The molecule has 7 rings (SSSR count). The fourth-order valence-electron chi connectivity index (χ4n) is 7.43. The summed E-state index contributed by atoms with van der Waals surface area (Å²) in [5.41, 5.74) is 7.21. The first-order valence-electron chi connectivity index (χ1n) is 17.5. The van der Waals surface area contributed by atoms with Gasteiger partial charge in [-0.2, -0.15) is 0 Å². The molecule has 51 heavy (non-hydrogen) atoms. The maximum Gasteiger partial charge on any atom is 0.262 e. The van der Waals surface area contributed by atoms with Crippen LogP contribution in [0.15, 0.2) is 90.0 Å². The molecular formula is C40H43ClN6O4. The molecule has 2 fully saturated rings. The van der Waals surface area contributed by atoms with Crippen LogP contribution in [0.2, 0.25) is 0 Å². The van der Waals surface area contributed by atoms with Crippen LogP contribution in [-0.2, 0) is 33.0 Å². The van der Waals surface area contributed by atoms with Crippen LogP contribution >= 0.6 is 11.6 Å². The Morgan fingerprint density at radius 2 is 1.63 bits per heavy atom. The summed E-state index contributed by atoms with van der Waals surface area (Å²) in [4.78, 5) is 40.9. The third kappa shape index (κ3) is 7.14. The van der Waals surface area contributed by atoms with Crippen molar-refractivity contribution in [2.24, 2.45) is 0 Å². The number of pyridine rings is 1. The van der Waals surface area contributed by atoms with E-state index in [1.54, 1.807) is 23.9 Å². The number of nitrogens with zero attached hydrogens (tertiary/aromatic N) is 2. The highest BCUT2D eigenvalue weighted by atomic mass is 35.5. The number of ether oxygens (including phenoxy) is 1. The van der Waals surface area contributed by atoms with Crippen molar-refractivity contribution in [1.82, 2.24) is 30.7 Å². The summed E-state index contributed by atoms with van der Waals surface area (Å²) in [7, 11) is 1.69. The smallest absolute Gasteiger partial charge is 0.262 e. The lowest BCUT2D eigenvalue weighted by molar-refractivity contribution is -0.120. The van der Waals surface area contributed by atoms with Crippen molar-refractivity contribution in [2.75, 3.05) is 20.2 Å². The van der Waals surface area contributed by atoms with Gasteiger partial charge in [0, 0.05) is 76.2 Å².